The van der Waals surface area contributed by atoms with Gasteiger partial charge in [0.25, 0.3) is 0 Å². The van der Waals surface area contributed by atoms with Crippen molar-refractivity contribution >= 4 is 5.91 Å². The summed E-state index contributed by atoms with van der Waals surface area (Å²) in [6.45, 7) is 3.60. The van der Waals surface area contributed by atoms with E-state index >= 15 is 0 Å². The Balaban J connectivity index is 1.74. The summed E-state index contributed by atoms with van der Waals surface area (Å²) < 4.78 is 6.02. The molecule has 0 aromatic heterocycles. The monoisotopic (exact) mass is 337 g/mol. The van der Waals surface area contributed by atoms with Crippen LogP contribution in [0.25, 0.3) is 0 Å². The molecule has 3 heteroatoms. The van der Waals surface area contributed by atoms with Gasteiger partial charge in [0.1, 0.15) is 12.4 Å². The van der Waals surface area contributed by atoms with Gasteiger partial charge in [0.2, 0.25) is 5.91 Å². The molecule has 2 aromatic rings. The molecule has 1 amide bonds. The van der Waals surface area contributed by atoms with E-state index in [9.17, 15) is 4.79 Å². The van der Waals surface area contributed by atoms with Crippen molar-refractivity contribution in [3.63, 3.8) is 0 Å². The van der Waals surface area contributed by atoms with Crippen LogP contribution in [-0.4, -0.2) is 30.0 Å². The lowest BCUT2D eigenvalue weighted by atomic mass is 10.0. The SMILES string of the molecule is C[C@H]1CCC(=O)N([C@H](COc2ccccc2)Cc2ccccc2)CC1. The zero-order valence-electron chi connectivity index (χ0n) is 14.9. The number of ether oxygens (including phenoxy) is 1. The minimum Gasteiger partial charge on any atom is -0.491 e. The van der Waals surface area contributed by atoms with E-state index < -0.39 is 0 Å². The molecule has 2 aromatic carbocycles. The quantitative estimate of drug-likeness (QED) is 0.785. The molecule has 3 nitrogen and oxygen atoms in total. The van der Waals surface area contributed by atoms with Gasteiger partial charge in [-0.05, 0) is 42.9 Å². The molecule has 0 bridgehead atoms. The number of rotatable bonds is 6. The molecule has 25 heavy (non-hydrogen) atoms. The molecule has 1 aliphatic heterocycles. The maximum atomic E-state index is 12.7. The van der Waals surface area contributed by atoms with Crippen LogP contribution >= 0.6 is 0 Å². The van der Waals surface area contributed by atoms with Crippen LogP contribution in [0.4, 0.5) is 0 Å². The Bertz CT molecular complexity index is 656. The van der Waals surface area contributed by atoms with E-state index in [1.54, 1.807) is 0 Å². The number of hydrogen-bond acceptors (Lipinski definition) is 2. The Morgan fingerprint density at radius 3 is 2.44 bits per heavy atom. The number of benzene rings is 2. The van der Waals surface area contributed by atoms with Crippen LogP contribution in [0, 0.1) is 5.92 Å². The highest BCUT2D eigenvalue weighted by Gasteiger charge is 2.27. The van der Waals surface area contributed by atoms with Gasteiger partial charge >= 0.3 is 0 Å². The summed E-state index contributed by atoms with van der Waals surface area (Å²) in [5.74, 6) is 1.74. The second kappa shape index (κ2) is 8.70. The summed E-state index contributed by atoms with van der Waals surface area (Å²) in [6, 6.07) is 20.3. The zero-order chi connectivity index (χ0) is 17.5. The summed E-state index contributed by atoms with van der Waals surface area (Å²) in [5, 5.41) is 0. The first-order valence-electron chi connectivity index (χ1n) is 9.23. The number of hydrogen-bond donors (Lipinski definition) is 0. The van der Waals surface area contributed by atoms with Gasteiger partial charge in [0.15, 0.2) is 0 Å². The van der Waals surface area contributed by atoms with Crippen LogP contribution in [0.3, 0.4) is 0 Å². The van der Waals surface area contributed by atoms with Crippen molar-refractivity contribution in [2.24, 2.45) is 5.92 Å². The standard InChI is InChI=1S/C22H27NO2/c1-18-12-13-22(24)23(15-14-18)20(16-19-8-4-2-5-9-19)17-25-21-10-6-3-7-11-21/h2-11,18,20H,12-17H2,1H3/t18-,20-/m0/s1. The molecule has 132 valence electrons. The third-order valence-corrected chi connectivity index (χ3v) is 4.97. The van der Waals surface area contributed by atoms with Crippen LogP contribution in [0.1, 0.15) is 31.7 Å². The molecule has 1 saturated heterocycles. The Morgan fingerprint density at radius 2 is 1.72 bits per heavy atom. The normalized spacial score (nSPS) is 19.3. The maximum absolute atomic E-state index is 12.7. The molecule has 1 heterocycles. The minimum absolute atomic E-state index is 0.0698. The summed E-state index contributed by atoms with van der Waals surface area (Å²) in [5.41, 5.74) is 1.24. The van der Waals surface area contributed by atoms with E-state index in [4.69, 9.17) is 4.74 Å². The molecule has 3 rings (SSSR count). The number of amides is 1. The van der Waals surface area contributed by atoms with Crippen molar-refractivity contribution in [3.05, 3.63) is 66.2 Å². The van der Waals surface area contributed by atoms with Gasteiger partial charge in [0.05, 0.1) is 6.04 Å². The van der Waals surface area contributed by atoms with Crippen molar-refractivity contribution in [3.8, 4) is 5.75 Å². The fraction of sp³-hybridized carbons (Fsp3) is 0.409. The largest absolute Gasteiger partial charge is 0.491 e. The first-order valence-corrected chi connectivity index (χ1v) is 9.23. The van der Waals surface area contributed by atoms with Crippen LogP contribution in [0.2, 0.25) is 0 Å². The molecule has 0 N–H and O–H groups in total. The number of para-hydroxylation sites is 1. The van der Waals surface area contributed by atoms with E-state index in [1.165, 1.54) is 5.56 Å². The van der Waals surface area contributed by atoms with Gasteiger partial charge in [-0.1, -0.05) is 55.5 Å². The Hall–Kier alpha value is -2.29. The molecule has 0 unspecified atom stereocenters. The summed E-state index contributed by atoms with van der Waals surface area (Å²) in [4.78, 5) is 14.7. The van der Waals surface area contributed by atoms with Gasteiger partial charge in [-0.25, -0.2) is 0 Å². The van der Waals surface area contributed by atoms with Crippen molar-refractivity contribution < 1.29 is 9.53 Å². The van der Waals surface area contributed by atoms with Crippen LogP contribution in [-0.2, 0) is 11.2 Å². The van der Waals surface area contributed by atoms with E-state index in [0.717, 1.165) is 31.6 Å². The second-order valence-electron chi connectivity index (χ2n) is 6.99. The van der Waals surface area contributed by atoms with Crippen LogP contribution < -0.4 is 4.74 Å². The molecular formula is C22H27NO2. The fourth-order valence-electron chi connectivity index (χ4n) is 3.38. The topological polar surface area (TPSA) is 29.5 Å². The number of carbonyl (C=O) groups excluding carboxylic acids is 1. The smallest absolute Gasteiger partial charge is 0.222 e. The number of carbonyl (C=O) groups is 1. The Kier molecular flexibility index (Phi) is 6.10. The summed E-state index contributed by atoms with van der Waals surface area (Å²) in [6.07, 6.45) is 3.54. The van der Waals surface area contributed by atoms with Gasteiger partial charge in [-0.15, -0.1) is 0 Å². The molecule has 0 spiro atoms. The van der Waals surface area contributed by atoms with E-state index in [2.05, 4.69) is 36.1 Å². The number of likely N-dealkylation sites (tertiary alicyclic amines) is 1. The van der Waals surface area contributed by atoms with Gasteiger partial charge in [-0.3, -0.25) is 4.79 Å². The van der Waals surface area contributed by atoms with E-state index in [-0.39, 0.29) is 11.9 Å². The van der Waals surface area contributed by atoms with Gasteiger partial charge in [-0.2, -0.15) is 0 Å². The van der Waals surface area contributed by atoms with Gasteiger partial charge in [0, 0.05) is 13.0 Å². The highest BCUT2D eigenvalue weighted by Crippen LogP contribution is 2.22. The lowest BCUT2D eigenvalue weighted by Crippen LogP contribution is -2.44. The Labute approximate surface area is 150 Å². The number of nitrogens with zero attached hydrogens (tertiary/aromatic N) is 1. The fourth-order valence-corrected chi connectivity index (χ4v) is 3.38. The van der Waals surface area contributed by atoms with Crippen molar-refractivity contribution in [1.29, 1.82) is 0 Å². The second-order valence-corrected chi connectivity index (χ2v) is 6.99. The molecule has 0 radical (unpaired) electrons. The summed E-state index contributed by atoms with van der Waals surface area (Å²) >= 11 is 0. The van der Waals surface area contributed by atoms with Crippen LogP contribution in [0.15, 0.2) is 60.7 Å². The molecule has 2 atom stereocenters. The van der Waals surface area contributed by atoms with Crippen molar-refractivity contribution in [1.82, 2.24) is 4.90 Å². The van der Waals surface area contributed by atoms with Crippen molar-refractivity contribution in [2.75, 3.05) is 13.2 Å². The third-order valence-electron chi connectivity index (χ3n) is 4.97. The summed E-state index contributed by atoms with van der Waals surface area (Å²) in [7, 11) is 0. The maximum Gasteiger partial charge on any atom is 0.222 e. The minimum atomic E-state index is 0.0698. The highest BCUT2D eigenvalue weighted by atomic mass is 16.5. The van der Waals surface area contributed by atoms with Crippen LogP contribution in [0.5, 0.6) is 5.75 Å². The lowest BCUT2D eigenvalue weighted by molar-refractivity contribution is -0.133. The van der Waals surface area contributed by atoms with E-state index in [1.807, 2.05) is 36.4 Å². The molecule has 0 aliphatic carbocycles. The van der Waals surface area contributed by atoms with E-state index in [0.29, 0.717) is 18.9 Å². The first-order chi connectivity index (χ1) is 12.2. The molecule has 1 aliphatic rings. The molecule has 1 fully saturated rings. The third kappa shape index (κ3) is 5.09. The molecular weight excluding hydrogens is 310 g/mol. The predicted octanol–water partition coefficient (Wildman–Crippen LogP) is 4.33. The zero-order valence-corrected chi connectivity index (χ0v) is 14.9. The average molecular weight is 337 g/mol. The van der Waals surface area contributed by atoms with Gasteiger partial charge < -0.3 is 9.64 Å². The molecule has 0 saturated carbocycles. The predicted molar refractivity (Wildman–Crippen MR) is 101 cm³/mol. The first kappa shape index (κ1) is 17.5. The van der Waals surface area contributed by atoms with Crippen molar-refractivity contribution in [2.45, 2.75) is 38.6 Å². The Morgan fingerprint density at radius 1 is 1.04 bits per heavy atom. The lowest BCUT2D eigenvalue weighted by Gasteiger charge is -2.31. The highest BCUT2D eigenvalue weighted by molar-refractivity contribution is 5.76. The average Bonchev–Trinajstić information content (AvgIpc) is 2.82.